The third kappa shape index (κ3) is 3.56. The fourth-order valence-electron chi connectivity index (χ4n) is 2.47. The highest BCUT2D eigenvalue weighted by Gasteiger charge is 2.43. The summed E-state index contributed by atoms with van der Waals surface area (Å²) in [6.07, 6.45) is -5.78. The number of benzene rings is 1. The molecule has 0 N–H and O–H groups in total. The highest BCUT2D eigenvalue weighted by Crippen LogP contribution is 2.44. The molecule has 1 aliphatic rings. The van der Waals surface area contributed by atoms with Crippen LogP contribution in [0.4, 0.5) is 13.2 Å². The molecule has 1 aromatic rings. The van der Waals surface area contributed by atoms with E-state index in [1.165, 1.54) is 0 Å². The van der Waals surface area contributed by atoms with Crippen LogP contribution >= 0.6 is 0 Å². The monoisotopic (exact) mass is 302 g/mol. The molecule has 0 saturated carbocycles. The molecule has 2 rings (SSSR count). The van der Waals surface area contributed by atoms with Crippen LogP contribution in [-0.2, 0) is 14.3 Å². The lowest BCUT2D eigenvalue weighted by Gasteiger charge is -2.37. The molecule has 0 aromatic heterocycles. The molecule has 21 heavy (non-hydrogen) atoms. The van der Waals surface area contributed by atoms with Crippen molar-refractivity contribution < 1.29 is 27.4 Å². The summed E-state index contributed by atoms with van der Waals surface area (Å²) >= 11 is 0. The van der Waals surface area contributed by atoms with Crippen molar-refractivity contribution in [2.75, 3.05) is 6.61 Å². The van der Waals surface area contributed by atoms with Crippen LogP contribution in [0.15, 0.2) is 24.3 Å². The number of esters is 1. The molecule has 1 aromatic carbocycles. The first-order valence-electron chi connectivity index (χ1n) is 6.57. The van der Waals surface area contributed by atoms with Gasteiger partial charge in [-0.3, -0.25) is 4.79 Å². The molecule has 0 fully saturated rings. The quantitative estimate of drug-likeness (QED) is 0.776. The van der Waals surface area contributed by atoms with Gasteiger partial charge in [0.2, 0.25) is 6.29 Å². The average Bonchev–Trinajstić information content (AvgIpc) is 2.33. The summed E-state index contributed by atoms with van der Waals surface area (Å²) in [6.45, 7) is 4.19. The van der Waals surface area contributed by atoms with Crippen molar-refractivity contribution in [1.29, 1.82) is 0 Å². The van der Waals surface area contributed by atoms with E-state index in [0.29, 0.717) is 11.1 Å². The largest absolute Gasteiger partial charge is 0.431 e. The van der Waals surface area contributed by atoms with Crippen molar-refractivity contribution in [3.63, 3.8) is 0 Å². The lowest BCUT2D eigenvalue weighted by Crippen LogP contribution is -2.36. The third-order valence-corrected chi connectivity index (χ3v) is 3.28. The van der Waals surface area contributed by atoms with Crippen molar-refractivity contribution in [3.8, 4) is 0 Å². The van der Waals surface area contributed by atoms with Crippen LogP contribution in [0.25, 0.3) is 0 Å². The zero-order valence-corrected chi connectivity index (χ0v) is 12.0. The summed E-state index contributed by atoms with van der Waals surface area (Å²) in [6, 6.07) is 6.79. The summed E-state index contributed by atoms with van der Waals surface area (Å²) < 4.78 is 46.7. The lowest BCUT2D eigenvalue weighted by molar-refractivity contribution is -0.235. The second-order valence-corrected chi connectivity index (χ2v) is 6.12. The van der Waals surface area contributed by atoms with E-state index < -0.39 is 36.4 Å². The van der Waals surface area contributed by atoms with Crippen LogP contribution in [0.3, 0.4) is 0 Å². The molecule has 0 amide bonds. The fraction of sp³-hybridized carbons (Fsp3) is 0.533. The second-order valence-electron chi connectivity index (χ2n) is 6.12. The van der Waals surface area contributed by atoms with Gasteiger partial charge in [-0.05, 0) is 11.0 Å². The van der Waals surface area contributed by atoms with Crippen LogP contribution < -0.4 is 0 Å². The Labute approximate surface area is 121 Å². The second kappa shape index (κ2) is 5.33. The molecule has 2 atom stereocenters. The number of carbonyl (C=O) groups excluding carboxylic acids is 1. The van der Waals surface area contributed by atoms with Gasteiger partial charge in [-0.1, -0.05) is 45.0 Å². The van der Waals surface area contributed by atoms with Gasteiger partial charge in [-0.25, -0.2) is 0 Å². The Morgan fingerprint density at radius 3 is 2.24 bits per heavy atom. The Morgan fingerprint density at radius 2 is 1.71 bits per heavy atom. The van der Waals surface area contributed by atoms with Crippen LogP contribution in [0.5, 0.6) is 0 Å². The minimum Gasteiger partial charge on any atom is -0.431 e. The molecule has 0 spiro atoms. The molecule has 0 aliphatic carbocycles. The molecule has 0 radical (unpaired) electrons. The zero-order valence-electron chi connectivity index (χ0n) is 12.0. The summed E-state index contributed by atoms with van der Waals surface area (Å²) in [5.74, 6) is -1.09. The van der Waals surface area contributed by atoms with Crippen molar-refractivity contribution in [2.45, 2.75) is 39.2 Å². The maximum atomic E-state index is 12.3. The summed E-state index contributed by atoms with van der Waals surface area (Å²) in [5.41, 5.74) is 0.733. The number of hydrogen-bond donors (Lipinski definition) is 0. The number of fused-ring (bicyclic) bond motifs is 1. The Bertz CT molecular complexity index is 532. The smallest absolute Gasteiger partial charge is 0.411 e. The van der Waals surface area contributed by atoms with Gasteiger partial charge in [-0.15, -0.1) is 0 Å². The first-order valence-corrected chi connectivity index (χ1v) is 6.57. The number of ether oxygens (including phenoxy) is 2. The van der Waals surface area contributed by atoms with Crippen LogP contribution in [0.2, 0.25) is 0 Å². The summed E-state index contributed by atoms with van der Waals surface area (Å²) in [7, 11) is 0. The number of alkyl halides is 3. The van der Waals surface area contributed by atoms with E-state index in [-0.39, 0.29) is 0 Å². The predicted molar refractivity (Wildman–Crippen MR) is 69.5 cm³/mol. The van der Waals surface area contributed by atoms with E-state index in [4.69, 9.17) is 9.47 Å². The van der Waals surface area contributed by atoms with Gasteiger partial charge in [0.1, 0.15) is 6.61 Å². The molecule has 1 heterocycles. The number of cyclic esters (lactones) is 1. The first kappa shape index (κ1) is 15.8. The number of hydrogen-bond acceptors (Lipinski definition) is 3. The topological polar surface area (TPSA) is 35.5 Å². The molecule has 0 bridgehead atoms. The lowest BCUT2D eigenvalue weighted by atomic mass is 9.74. The SMILES string of the molecule is CC(C)(C)C1C(=O)OC(OCC(F)(F)F)c2ccccc21. The molecular formula is C15H17F3O3. The van der Waals surface area contributed by atoms with E-state index in [1.54, 1.807) is 24.3 Å². The van der Waals surface area contributed by atoms with Crippen LogP contribution in [0, 0.1) is 5.41 Å². The molecule has 0 saturated heterocycles. The van der Waals surface area contributed by atoms with Crippen molar-refractivity contribution in [2.24, 2.45) is 5.41 Å². The third-order valence-electron chi connectivity index (χ3n) is 3.28. The number of rotatable bonds is 2. The number of carbonyl (C=O) groups is 1. The van der Waals surface area contributed by atoms with Crippen molar-refractivity contribution in [1.82, 2.24) is 0 Å². The van der Waals surface area contributed by atoms with E-state index >= 15 is 0 Å². The Hall–Kier alpha value is -1.56. The average molecular weight is 302 g/mol. The maximum Gasteiger partial charge on any atom is 0.411 e. The van der Waals surface area contributed by atoms with Crippen molar-refractivity contribution in [3.05, 3.63) is 35.4 Å². The van der Waals surface area contributed by atoms with Gasteiger partial charge >= 0.3 is 12.1 Å². The van der Waals surface area contributed by atoms with E-state index in [0.717, 1.165) is 0 Å². The Balaban J connectivity index is 2.34. The predicted octanol–water partition coefficient (Wildman–Crippen LogP) is 3.95. The van der Waals surface area contributed by atoms with Gasteiger partial charge in [0.05, 0.1) is 5.92 Å². The molecular weight excluding hydrogens is 285 g/mol. The minimum absolute atomic E-state index is 0.401. The minimum atomic E-state index is -4.47. The summed E-state index contributed by atoms with van der Waals surface area (Å²) in [5, 5.41) is 0. The van der Waals surface area contributed by atoms with Gasteiger partial charge in [0.25, 0.3) is 0 Å². The highest BCUT2D eigenvalue weighted by molar-refractivity contribution is 5.81. The van der Waals surface area contributed by atoms with Crippen molar-refractivity contribution >= 4 is 5.97 Å². The van der Waals surface area contributed by atoms with Crippen LogP contribution in [-0.4, -0.2) is 18.8 Å². The van der Waals surface area contributed by atoms with E-state index in [2.05, 4.69) is 0 Å². The van der Waals surface area contributed by atoms with Gasteiger partial charge in [-0.2, -0.15) is 13.2 Å². The van der Waals surface area contributed by atoms with E-state index in [9.17, 15) is 18.0 Å². The van der Waals surface area contributed by atoms with Gasteiger partial charge in [0.15, 0.2) is 0 Å². The first-order chi connectivity index (χ1) is 9.59. The van der Waals surface area contributed by atoms with Gasteiger partial charge < -0.3 is 9.47 Å². The molecule has 116 valence electrons. The highest BCUT2D eigenvalue weighted by atomic mass is 19.4. The molecule has 2 unspecified atom stereocenters. The Morgan fingerprint density at radius 1 is 1.14 bits per heavy atom. The number of halogens is 3. The normalized spacial score (nSPS) is 22.7. The summed E-state index contributed by atoms with van der Waals surface area (Å²) in [4.78, 5) is 12.2. The standard InChI is InChI=1S/C15H17F3O3/c1-14(2,3)11-9-6-4-5-7-10(9)13(21-12(11)19)20-8-15(16,17)18/h4-7,11,13H,8H2,1-3H3. The van der Waals surface area contributed by atoms with Crippen LogP contribution in [0.1, 0.15) is 44.1 Å². The fourth-order valence-corrected chi connectivity index (χ4v) is 2.47. The van der Waals surface area contributed by atoms with Gasteiger partial charge in [0, 0.05) is 5.56 Å². The maximum absolute atomic E-state index is 12.3. The zero-order chi connectivity index (χ0) is 15.8. The molecule has 1 aliphatic heterocycles. The Kier molecular flexibility index (Phi) is 4.02. The molecule has 6 heteroatoms. The molecule has 3 nitrogen and oxygen atoms in total. The van der Waals surface area contributed by atoms with E-state index in [1.807, 2.05) is 20.8 Å².